The monoisotopic (exact) mass is 493 g/mol. The second kappa shape index (κ2) is 11.4. The number of pyridine rings is 1. The van der Waals surface area contributed by atoms with E-state index in [1.165, 1.54) is 12.1 Å². The molecule has 0 N–H and O–H groups in total. The van der Waals surface area contributed by atoms with E-state index in [-0.39, 0.29) is 32.6 Å². The quantitative estimate of drug-likeness (QED) is 0.406. The van der Waals surface area contributed by atoms with Crippen LogP contribution >= 0.6 is 0 Å². The molecule has 0 atom stereocenters. The summed E-state index contributed by atoms with van der Waals surface area (Å²) in [4.78, 5) is 17.4. The molecule has 0 bridgehead atoms. The van der Waals surface area contributed by atoms with Crippen LogP contribution in [0.15, 0.2) is 64.6 Å². The van der Waals surface area contributed by atoms with Crippen molar-refractivity contribution in [2.75, 3.05) is 0 Å². The molecule has 3 rings (SSSR count). The zero-order chi connectivity index (χ0) is 21.2. The van der Waals surface area contributed by atoms with Gasteiger partial charge in [-0.05, 0) is 49.2 Å². The molecule has 0 saturated carbocycles. The van der Waals surface area contributed by atoms with Crippen LogP contribution in [0.1, 0.15) is 22.5 Å². The first-order valence-corrected chi connectivity index (χ1v) is 14.8. The van der Waals surface area contributed by atoms with Gasteiger partial charge in [0.15, 0.2) is 0 Å². The fourth-order valence-electron chi connectivity index (χ4n) is 2.34. The van der Waals surface area contributed by atoms with Crippen molar-refractivity contribution in [3.05, 3.63) is 77.1 Å². The molecule has 1 aromatic heterocycles. The van der Waals surface area contributed by atoms with Crippen molar-refractivity contribution in [3.63, 3.8) is 0 Å². The van der Waals surface area contributed by atoms with E-state index in [4.69, 9.17) is 0 Å². The zero-order valence-corrected chi connectivity index (χ0v) is 19.9. The van der Waals surface area contributed by atoms with Crippen LogP contribution in [0, 0.1) is 13.8 Å². The first kappa shape index (κ1) is 22.6. The van der Waals surface area contributed by atoms with E-state index in [0.29, 0.717) is 22.8 Å². The molecular weight excluding hydrogens is 469 g/mol. The number of rotatable bonds is 4. The summed E-state index contributed by atoms with van der Waals surface area (Å²) < 4.78 is 0. The van der Waals surface area contributed by atoms with Crippen LogP contribution in [0.4, 0.5) is 11.4 Å². The number of hydrogen-bond acceptors (Lipinski definition) is 5. The Morgan fingerprint density at radius 3 is 1.59 bits per heavy atom. The van der Waals surface area contributed by atoms with Crippen molar-refractivity contribution >= 4 is 44.9 Å². The number of aromatic nitrogens is 1. The van der Waals surface area contributed by atoms with Crippen molar-refractivity contribution in [2.45, 2.75) is 23.7 Å². The molecule has 0 aliphatic heterocycles. The van der Waals surface area contributed by atoms with Gasteiger partial charge < -0.3 is 10.2 Å². The Labute approximate surface area is 182 Å². The predicted molar refractivity (Wildman–Crippen MR) is 117 cm³/mol. The van der Waals surface area contributed by atoms with Crippen LogP contribution in [0.25, 0.3) is 0 Å². The van der Waals surface area contributed by atoms with Gasteiger partial charge in [-0.3, -0.25) is 9.98 Å². The topological polar surface area (TPSA) is 83.7 Å². The van der Waals surface area contributed by atoms with Gasteiger partial charge in [0.1, 0.15) is 0 Å². The zero-order valence-electron chi connectivity index (χ0n) is 17.0. The summed E-state index contributed by atoms with van der Waals surface area (Å²) in [6.07, 6.45) is 3.08. The molecule has 1 heterocycles. The summed E-state index contributed by atoms with van der Waals surface area (Å²) in [7, 11) is 0. The number of benzene rings is 2. The Morgan fingerprint density at radius 1 is 0.759 bits per heavy atom. The molecule has 0 aliphatic rings. The van der Waals surface area contributed by atoms with E-state index in [0.717, 1.165) is 11.1 Å². The second-order valence-corrected chi connectivity index (χ2v) is 9.30. The fourth-order valence-corrected chi connectivity index (χ4v) is 2.34. The molecular formula is C23H23N3O2Sn. The molecule has 0 saturated heterocycles. The van der Waals surface area contributed by atoms with E-state index in [9.17, 15) is 10.2 Å². The third-order valence-corrected chi connectivity index (χ3v) is 3.69. The van der Waals surface area contributed by atoms with Crippen molar-refractivity contribution in [3.8, 4) is 11.5 Å². The van der Waals surface area contributed by atoms with E-state index in [1.54, 1.807) is 48.8 Å². The number of aliphatic imine (C=N–C) groups is 2. The maximum absolute atomic E-state index is 11.8. The Kier molecular flexibility index (Phi) is 8.86. The normalized spacial score (nSPS) is 10.6. The van der Waals surface area contributed by atoms with Gasteiger partial charge in [-0.2, -0.15) is 0 Å². The fraction of sp³-hybridized carbons (Fsp3) is 0.174. The molecule has 146 valence electrons. The van der Waals surface area contributed by atoms with Gasteiger partial charge in [0.2, 0.25) is 0 Å². The minimum absolute atomic E-state index is 0.132. The third kappa shape index (κ3) is 7.34. The summed E-state index contributed by atoms with van der Waals surface area (Å²) >= 11 is 0.230. The van der Waals surface area contributed by atoms with Crippen LogP contribution in [0.3, 0.4) is 0 Å². The van der Waals surface area contributed by atoms with Gasteiger partial charge in [-0.25, -0.2) is 4.98 Å². The molecule has 0 aliphatic carbocycles. The SMILES string of the molecule is Cc1ccc([O-])c(N=Cc2cccc(C=Nc3cc(C)ccc3[O-])n2)c1.[CH3][Sn+2][CH3]. The van der Waals surface area contributed by atoms with Gasteiger partial charge >= 0.3 is 31.0 Å². The van der Waals surface area contributed by atoms with Crippen LogP contribution < -0.4 is 10.2 Å². The maximum atomic E-state index is 11.8. The number of aryl methyl sites for hydroxylation is 2. The second-order valence-electron chi connectivity index (χ2n) is 6.45. The first-order valence-electron chi connectivity index (χ1n) is 9.12. The Bertz CT molecular complexity index is 940. The van der Waals surface area contributed by atoms with Gasteiger partial charge in [0.25, 0.3) is 0 Å². The van der Waals surface area contributed by atoms with E-state index >= 15 is 0 Å². The predicted octanol–water partition coefficient (Wildman–Crippen LogP) is 4.13. The Balaban J connectivity index is 0.000000941. The minimum atomic E-state index is -0.132. The number of hydrogen-bond donors (Lipinski definition) is 0. The number of nitrogens with zero attached hydrogens (tertiary/aromatic N) is 3. The van der Waals surface area contributed by atoms with E-state index in [1.807, 2.05) is 19.9 Å². The third-order valence-electron chi connectivity index (χ3n) is 3.69. The Hall–Kier alpha value is -2.67. The molecule has 29 heavy (non-hydrogen) atoms. The van der Waals surface area contributed by atoms with E-state index in [2.05, 4.69) is 24.8 Å². The van der Waals surface area contributed by atoms with Crippen molar-refractivity contribution < 1.29 is 10.2 Å². The average molecular weight is 492 g/mol. The summed E-state index contributed by atoms with van der Waals surface area (Å²) in [6, 6.07) is 15.4. The standard InChI is InChI=1S/C21H19N3O2.2CH3.Sn/c1-14-6-8-20(25)18(10-14)22-12-16-4-3-5-17(24-16)13-23-19-11-15(2)7-9-21(19)26;;;/h3-13,25-26H,1-2H3;2*1H3;/q;;;+2/p-2. The molecule has 3 aromatic rings. The van der Waals surface area contributed by atoms with Crippen molar-refractivity contribution in [2.24, 2.45) is 9.98 Å². The van der Waals surface area contributed by atoms with Crippen LogP contribution in [0.5, 0.6) is 11.5 Å². The Morgan fingerprint density at radius 2 is 1.17 bits per heavy atom. The molecule has 0 unspecified atom stereocenters. The van der Waals surface area contributed by atoms with Gasteiger partial charge in [0.05, 0.1) is 35.2 Å². The summed E-state index contributed by atoms with van der Waals surface area (Å²) in [5, 5.41) is 23.6. The van der Waals surface area contributed by atoms with Crippen molar-refractivity contribution in [1.82, 2.24) is 4.98 Å². The molecule has 6 heteroatoms. The van der Waals surface area contributed by atoms with Crippen LogP contribution in [-0.4, -0.2) is 38.6 Å². The molecule has 2 aromatic carbocycles. The molecule has 5 nitrogen and oxygen atoms in total. The molecule has 0 spiro atoms. The molecule has 0 radical (unpaired) electrons. The molecule has 0 amide bonds. The van der Waals surface area contributed by atoms with Crippen LogP contribution in [-0.2, 0) is 0 Å². The van der Waals surface area contributed by atoms with Crippen LogP contribution in [0.2, 0.25) is 9.88 Å². The van der Waals surface area contributed by atoms with Gasteiger partial charge in [-0.1, -0.05) is 41.8 Å². The summed E-state index contributed by atoms with van der Waals surface area (Å²) in [5.74, 6) is -0.265. The van der Waals surface area contributed by atoms with Gasteiger partial charge in [0, 0.05) is 0 Å². The van der Waals surface area contributed by atoms with Gasteiger partial charge in [-0.15, -0.1) is 0 Å². The van der Waals surface area contributed by atoms with E-state index < -0.39 is 0 Å². The first-order chi connectivity index (χ1) is 13.9. The summed E-state index contributed by atoms with van der Waals surface area (Å²) in [5.41, 5.74) is 3.89. The summed E-state index contributed by atoms with van der Waals surface area (Å²) in [6.45, 7) is 3.81. The van der Waals surface area contributed by atoms with Crippen molar-refractivity contribution in [1.29, 1.82) is 0 Å². The average Bonchev–Trinajstić information content (AvgIpc) is 2.70. The molecule has 0 fully saturated rings.